The highest BCUT2D eigenvalue weighted by Crippen LogP contribution is 2.27. The van der Waals surface area contributed by atoms with E-state index >= 15 is 0 Å². The fourth-order valence-electron chi connectivity index (χ4n) is 1.69. The topological polar surface area (TPSA) is 48.1 Å². The Morgan fingerprint density at radius 1 is 1.22 bits per heavy atom. The Kier molecular flexibility index (Phi) is 3.99. The molecule has 0 saturated heterocycles. The highest BCUT2D eigenvalue weighted by atomic mass is 79.9. The molecular formula is C14H15BrN2O. The van der Waals surface area contributed by atoms with Gasteiger partial charge in [0, 0.05) is 22.8 Å². The Bertz CT molecular complexity index is 570. The van der Waals surface area contributed by atoms with Gasteiger partial charge in [0.15, 0.2) is 0 Å². The van der Waals surface area contributed by atoms with Crippen molar-refractivity contribution >= 4 is 15.9 Å². The van der Waals surface area contributed by atoms with Gasteiger partial charge in [-0.1, -0.05) is 15.9 Å². The van der Waals surface area contributed by atoms with Crippen molar-refractivity contribution in [2.24, 2.45) is 5.73 Å². The molecule has 0 fully saturated rings. The average Bonchev–Trinajstić information content (AvgIpc) is 2.34. The minimum atomic E-state index is 0.421. The summed E-state index contributed by atoms with van der Waals surface area (Å²) in [7, 11) is 0. The number of benzene rings is 1. The van der Waals surface area contributed by atoms with Gasteiger partial charge in [-0.15, -0.1) is 0 Å². The van der Waals surface area contributed by atoms with E-state index in [1.54, 1.807) is 6.20 Å². The molecule has 0 unspecified atom stereocenters. The monoisotopic (exact) mass is 306 g/mol. The molecule has 94 valence electrons. The maximum absolute atomic E-state index is 5.81. The summed E-state index contributed by atoms with van der Waals surface area (Å²) in [4.78, 5) is 4.24. The van der Waals surface area contributed by atoms with Crippen LogP contribution < -0.4 is 10.5 Å². The van der Waals surface area contributed by atoms with Crippen molar-refractivity contribution in [3.63, 3.8) is 0 Å². The van der Waals surface area contributed by atoms with Crippen molar-refractivity contribution in [3.05, 3.63) is 51.6 Å². The smallest absolute Gasteiger partial charge is 0.223 e. The van der Waals surface area contributed by atoms with E-state index in [4.69, 9.17) is 10.5 Å². The normalized spacial score (nSPS) is 10.4. The molecule has 0 aliphatic heterocycles. The lowest BCUT2D eigenvalue weighted by atomic mass is 10.1. The molecule has 2 rings (SSSR count). The van der Waals surface area contributed by atoms with Crippen LogP contribution in [0, 0.1) is 13.8 Å². The third-order valence-corrected chi connectivity index (χ3v) is 3.69. The predicted molar refractivity (Wildman–Crippen MR) is 75.8 cm³/mol. The molecule has 0 aliphatic carbocycles. The van der Waals surface area contributed by atoms with Crippen LogP contribution in [0.15, 0.2) is 34.9 Å². The van der Waals surface area contributed by atoms with E-state index in [0.29, 0.717) is 12.4 Å². The summed E-state index contributed by atoms with van der Waals surface area (Å²) < 4.78 is 6.87. The molecule has 0 saturated carbocycles. The number of aryl methyl sites for hydroxylation is 2. The highest BCUT2D eigenvalue weighted by molar-refractivity contribution is 9.10. The first-order valence-electron chi connectivity index (χ1n) is 5.70. The summed E-state index contributed by atoms with van der Waals surface area (Å²) in [6.45, 7) is 4.44. The molecule has 0 spiro atoms. The fraction of sp³-hybridized carbons (Fsp3) is 0.214. The van der Waals surface area contributed by atoms with Crippen LogP contribution in [-0.2, 0) is 6.54 Å². The zero-order chi connectivity index (χ0) is 13.1. The number of ether oxygens (including phenoxy) is 1. The van der Waals surface area contributed by atoms with Crippen molar-refractivity contribution in [1.82, 2.24) is 4.98 Å². The van der Waals surface area contributed by atoms with E-state index in [1.165, 1.54) is 0 Å². The molecule has 2 N–H and O–H groups in total. The van der Waals surface area contributed by atoms with Crippen LogP contribution in [0.2, 0.25) is 0 Å². The molecule has 2 aromatic rings. The van der Waals surface area contributed by atoms with Crippen molar-refractivity contribution in [1.29, 1.82) is 0 Å². The summed E-state index contributed by atoms with van der Waals surface area (Å²) in [5.74, 6) is 1.35. The van der Waals surface area contributed by atoms with E-state index in [1.807, 2.05) is 38.1 Å². The Balaban J connectivity index is 2.34. The van der Waals surface area contributed by atoms with Gasteiger partial charge in [0.25, 0.3) is 0 Å². The Labute approximate surface area is 115 Å². The minimum absolute atomic E-state index is 0.421. The molecule has 3 nitrogen and oxygen atoms in total. The van der Waals surface area contributed by atoms with Crippen LogP contribution in [0.25, 0.3) is 0 Å². The molecule has 0 bridgehead atoms. The average molecular weight is 307 g/mol. The number of halogens is 1. The van der Waals surface area contributed by atoms with Crippen molar-refractivity contribution < 1.29 is 4.74 Å². The first kappa shape index (κ1) is 13.1. The summed E-state index contributed by atoms with van der Waals surface area (Å²) >= 11 is 3.46. The van der Waals surface area contributed by atoms with E-state index < -0.39 is 0 Å². The SMILES string of the molecule is Cc1cc(Oc2nccc(C)c2CN)ccc1Br. The molecule has 0 amide bonds. The molecule has 1 aromatic heterocycles. The number of pyridine rings is 1. The highest BCUT2D eigenvalue weighted by Gasteiger charge is 2.08. The molecular weight excluding hydrogens is 292 g/mol. The van der Waals surface area contributed by atoms with Gasteiger partial charge in [-0.05, 0) is 49.2 Å². The first-order valence-corrected chi connectivity index (χ1v) is 6.49. The molecule has 1 heterocycles. The van der Waals surface area contributed by atoms with Gasteiger partial charge >= 0.3 is 0 Å². The molecule has 0 atom stereocenters. The number of nitrogens with zero attached hydrogens (tertiary/aromatic N) is 1. The number of rotatable bonds is 3. The molecule has 18 heavy (non-hydrogen) atoms. The van der Waals surface area contributed by atoms with Gasteiger partial charge in [0.05, 0.1) is 0 Å². The van der Waals surface area contributed by atoms with Gasteiger partial charge in [-0.2, -0.15) is 0 Å². The van der Waals surface area contributed by atoms with E-state index in [-0.39, 0.29) is 0 Å². The van der Waals surface area contributed by atoms with Gasteiger partial charge in [0.2, 0.25) is 5.88 Å². The first-order chi connectivity index (χ1) is 8.61. The fourth-order valence-corrected chi connectivity index (χ4v) is 1.94. The minimum Gasteiger partial charge on any atom is -0.439 e. The quantitative estimate of drug-likeness (QED) is 0.940. The van der Waals surface area contributed by atoms with E-state index in [9.17, 15) is 0 Å². The molecule has 1 aromatic carbocycles. The Morgan fingerprint density at radius 3 is 2.67 bits per heavy atom. The number of aromatic nitrogens is 1. The Hall–Kier alpha value is -1.39. The lowest BCUT2D eigenvalue weighted by Gasteiger charge is -2.11. The third kappa shape index (κ3) is 2.71. The van der Waals surface area contributed by atoms with Crippen LogP contribution in [0.4, 0.5) is 0 Å². The van der Waals surface area contributed by atoms with E-state index in [2.05, 4.69) is 20.9 Å². The largest absolute Gasteiger partial charge is 0.439 e. The van der Waals surface area contributed by atoms with E-state index in [0.717, 1.165) is 26.9 Å². The Morgan fingerprint density at radius 2 is 2.00 bits per heavy atom. The van der Waals surface area contributed by atoms with Crippen LogP contribution in [0.3, 0.4) is 0 Å². The van der Waals surface area contributed by atoms with Crippen LogP contribution >= 0.6 is 15.9 Å². The second-order valence-corrected chi connectivity index (χ2v) is 4.98. The maximum atomic E-state index is 5.81. The third-order valence-electron chi connectivity index (χ3n) is 2.80. The number of nitrogens with two attached hydrogens (primary N) is 1. The lowest BCUT2D eigenvalue weighted by Crippen LogP contribution is -2.03. The summed E-state index contributed by atoms with van der Waals surface area (Å²) in [5.41, 5.74) is 8.89. The second kappa shape index (κ2) is 5.50. The van der Waals surface area contributed by atoms with Crippen molar-refractivity contribution in [2.45, 2.75) is 20.4 Å². The van der Waals surface area contributed by atoms with Crippen LogP contribution in [0.5, 0.6) is 11.6 Å². The van der Waals surface area contributed by atoms with Crippen molar-refractivity contribution in [3.8, 4) is 11.6 Å². The molecule has 4 heteroatoms. The number of hydrogen-bond acceptors (Lipinski definition) is 3. The molecule has 0 aliphatic rings. The maximum Gasteiger partial charge on any atom is 0.223 e. The summed E-state index contributed by atoms with van der Waals surface area (Å²) in [5, 5.41) is 0. The van der Waals surface area contributed by atoms with Gasteiger partial charge in [0.1, 0.15) is 5.75 Å². The van der Waals surface area contributed by atoms with Gasteiger partial charge in [-0.25, -0.2) is 4.98 Å². The van der Waals surface area contributed by atoms with Crippen LogP contribution in [0.1, 0.15) is 16.7 Å². The summed E-state index contributed by atoms with van der Waals surface area (Å²) in [6, 6.07) is 7.76. The van der Waals surface area contributed by atoms with Crippen LogP contribution in [-0.4, -0.2) is 4.98 Å². The zero-order valence-electron chi connectivity index (χ0n) is 10.4. The van der Waals surface area contributed by atoms with Gasteiger partial charge < -0.3 is 10.5 Å². The number of hydrogen-bond donors (Lipinski definition) is 1. The van der Waals surface area contributed by atoms with Crippen molar-refractivity contribution in [2.75, 3.05) is 0 Å². The zero-order valence-corrected chi connectivity index (χ0v) is 12.0. The predicted octanol–water partition coefficient (Wildman–Crippen LogP) is 3.71. The second-order valence-electron chi connectivity index (χ2n) is 4.13. The standard InChI is InChI=1S/C14H15BrN2O/c1-9-5-6-17-14(12(9)8-16)18-11-3-4-13(15)10(2)7-11/h3-7H,8,16H2,1-2H3. The van der Waals surface area contributed by atoms with Gasteiger partial charge in [-0.3, -0.25) is 0 Å². The summed E-state index contributed by atoms with van der Waals surface area (Å²) in [6.07, 6.45) is 1.73. The lowest BCUT2D eigenvalue weighted by molar-refractivity contribution is 0.455. The molecule has 0 radical (unpaired) electrons.